The van der Waals surface area contributed by atoms with E-state index in [9.17, 15) is 9.59 Å². The largest absolute Gasteiger partial charge is 0.395 e. The van der Waals surface area contributed by atoms with E-state index >= 15 is 0 Å². The summed E-state index contributed by atoms with van der Waals surface area (Å²) in [7, 11) is 0. The van der Waals surface area contributed by atoms with Crippen LogP contribution in [0.2, 0.25) is 0 Å². The Kier molecular flexibility index (Phi) is 7.31. The highest BCUT2D eigenvalue weighted by atomic mass is 32.2. The number of hydrogen-bond donors (Lipinski definition) is 2. The summed E-state index contributed by atoms with van der Waals surface area (Å²) in [6.45, 7) is 8.15. The quantitative estimate of drug-likeness (QED) is 0.749. The lowest BCUT2D eigenvalue weighted by Crippen LogP contribution is -2.46. The van der Waals surface area contributed by atoms with Crippen molar-refractivity contribution < 1.29 is 14.7 Å². The number of carbonyl (C=O) groups excluding carboxylic acids is 2. The van der Waals surface area contributed by atoms with Crippen LogP contribution in [0.4, 0.5) is 4.79 Å². The van der Waals surface area contributed by atoms with Crippen LogP contribution in [0.1, 0.15) is 52.4 Å². The maximum atomic E-state index is 13.0. The summed E-state index contributed by atoms with van der Waals surface area (Å²) in [4.78, 5) is 28.9. The molecule has 0 bridgehead atoms. The van der Waals surface area contributed by atoms with E-state index in [4.69, 9.17) is 5.11 Å². The van der Waals surface area contributed by atoms with Crippen molar-refractivity contribution >= 4 is 23.7 Å². The molecule has 2 fully saturated rings. The number of amides is 3. The molecular formula is C21H35N3O3S. The SMILES string of the molecule is CC1(C)CCCN(C(=O)C2=CSC(C3CCN(C(=O)NCCO)CC3)C2)CC1. The Morgan fingerprint density at radius 2 is 1.93 bits per heavy atom. The van der Waals surface area contributed by atoms with Crippen LogP contribution in [-0.2, 0) is 4.79 Å². The summed E-state index contributed by atoms with van der Waals surface area (Å²) < 4.78 is 0. The van der Waals surface area contributed by atoms with Gasteiger partial charge in [-0.05, 0) is 55.3 Å². The highest BCUT2D eigenvalue weighted by molar-refractivity contribution is 8.03. The smallest absolute Gasteiger partial charge is 0.317 e. The summed E-state index contributed by atoms with van der Waals surface area (Å²) in [6.07, 6.45) is 6.20. The van der Waals surface area contributed by atoms with Crippen molar-refractivity contribution in [3.05, 3.63) is 11.0 Å². The summed E-state index contributed by atoms with van der Waals surface area (Å²) >= 11 is 1.82. The third kappa shape index (κ3) is 5.44. The molecule has 6 nitrogen and oxygen atoms in total. The zero-order chi connectivity index (χ0) is 20.1. The van der Waals surface area contributed by atoms with Gasteiger partial charge in [-0.25, -0.2) is 4.79 Å². The molecule has 3 aliphatic rings. The molecule has 158 valence electrons. The second kappa shape index (κ2) is 9.53. The third-order valence-corrected chi connectivity index (χ3v) is 7.77. The van der Waals surface area contributed by atoms with Gasteiger partial charge >= 0.3 is 6.03 Å². The molecule has 1 unspecified atom stereocenters. The first-order chi connectivity index (χ1) is 13.4. The molecule has 3 heterocycles. The number of nitrogens with one attached hydrogen (secondary N) is 1. The van der Waals surface area contributed by atoms with Crippen LogP contribution < -0.4 is 5.32 Å². The Bertz CT molecular complexity index is 600. The highest BCUT2D eigenvalue weighted by Crippen LogP contribution is 2.40. The topological polar surface area (TPSA) is 72.9 Å². The molecule has 3 aliphatic heterocycles. The Morgan fingerprint density at radius 1 is 1.18 bits per heavy atom. The average Bonchev–Trinajstić information content (AvgIpc) is 3.11. The molecule has 2 saturated heterocycles. The van der Waals surface area contributed by atoms with Crippen molar-refractivity contribution in [2.75, 3.05) is 39.3 Å². The van der Waals surface area contributed by atoms with E-state index in [1.54, 1.807) is 0 Å². The summed E-state index contributed by atoms with van der Waals surface area (Å²) in [5, 5.41) is 14.1. The number of rotatable bonds is 4. The fourth-order valence-electron chi connectivity index (χ4n) is 4.48. The standard InChI is InChI=1S/C21H35N3O3S/c1-21(2)6-3-9-23(12-7-21)19(26)17-14-18(28-15-17)16-4-10-24(11-5-16)20(27)22-8-13-25/h15-16,18,25H,3-14H2,1-2H3,(H,22,27). The Balaban J connectivity index is 1.45. The number of nitrogens with zero attached hydrogens (tertiary/aromatic N) is 2. The minimum atomic E-state index is -0.0790. The van der Waals surface area contributed by atoms with Gasteiger partial charge in [0.25, 0.3) is 0 Å². The van der Waals surface area contributed by atoms with E-state index in [0.29, 0.717) is 23.1 Å². The molecule has 1 atom stereocenters. The van der Waals surface area contributed by atoms with Crippen molar-refractivity contribution in [2.45, 2.75) is 57.6 Å². The molecule has 0 aromatic heterocycles. The molecule has 7 heteroatoms. The van der Waals surface area contributed by atoms with Gasteiger partial charge in [0, 0.05) is 43.5 Å². The first-order valence-electron chi connectivity index (χ1n) is 10.7. The van der Waals surface area contributed by atoms with E-state index < -0.39 is 0 Å². The van der Waals surface area contributed by atoms with Crippen molar-refractivity contribution in [2.24, 2.45) is 11.3 Å². The van der Waals surface area contributed by atoms with Gasteiger partial charge in [-0.2, -0.15) is 0 Å². The predicted molar refractivity (Wildman–Crippen MR) is 113 cm³/mol. The number of urea groups is 1. The van der Waals surface area contributed by atoms with E-state index in [1.807, 2.05) is 16.7 Å². The molecule has 3 amide bonds. The number of aliphatic hydroxyl groups excluding tert-OH is 1. The lowest BCUT2D eigenvalue weighted by Gasteiger charge is -2.34. The van der Waals surface area contributed by atoms with Gasteiger partial charge in [0.2, 0.25) is 5.91 Å². The van der Waals surface area contributed by atoms with Crippen LogP contribution in [0.3, 0.4) is 0 Å². The zero-order valence-corrected chi connectivity index (χ0v) is 18.1. The lowest BCUT2D eigenvalue weighted by atomic mass is 9.85. The van der Waals surface area contributed by atoms with Crippen LogP contribution in [0.5, 0.6) is 0 Å². The molecule has 0 aromatic carbocycles. The van der Waals surface area contributed by atoms with Crippen molar-refractivity contribution in [3.63, 3.8) is 0 Å². The molecule has 2 N–H and O–H groups in total. The van der Waals surface area contributed by atoms with Crippen molar-refractivity contribution in [3.8, 4) is 0 Å². The molecule has 0 saturated carbocycles. The van der Waals surface area contributed by atoms with Crippen LogP contribution in [-0.4, -0.2) is 71.4 Å². The number of piperidine rings is 1. The maximum Gasteiger partial charge on any atom is 0.317 e. The zero-order valence-electron chi connectivity index (χ0n) is 17.3. The van der Waals surface area contributed by atoms with Crippen molar-refractivity contribution in [1.82, 2.24) is 15.1 Å². The van der Waals surface area contributed by atoms with E-state index in [-0.39, 0.29) is 18.5 Å². The molecule has 0 radical (unpaired) electrons. The number of aliphatic hydroxyl groups is 1. The van der Waals surface area contributed by atoms with Crippen LogP contribution in [0, 0.1) is 11.3 Å². The fourth-order valence-corrected chi connectivity index (χ4v) is 5.78. The highest BCUT2D eigenvalue weighted by Gasteiger charge is 2.34. The molecule has 28 heavy (non-hydrogen) atoms. The van der Waals surface area contributed by atoms with Crippen LogP contribution in [0.15, 0.2) is 11.0 Å². The second-order valence-electron chi connectivity index (χ2n) is 9.11. The van der Waals surface area contributed by atoms with Gasteiger partial charge in [-0.15, -0.1) is 11.8 Å². The van der Waals surface area contributed by atoms with Crippen LogP contribution >= 0.6 is 11.8 Å². The van der Waals surface area contributed by atoms with Crippen LogP contribution in [0.25, 0.3) is 0 Å². The van der Waals surface area contributed by atoms with Gasteiger partial charge < -0.3 is 20.2 Å². The minimum Gasteiger partial charge on any atom is -0.395 e. The molecule has 0 aliphatic carbocycles. The fraction of sp³-hybridized carbons (Fsp3) is 0.810. The summed E-state index contributed by atoms with van der Waals surface area (Å²) in [5.41, 5.74) is 1.33. The monoisotopic (exact) mass is 409 g/mol. The average molecular weight is 410 g/mol. The molecule has 0 aromatic rings. The first-order valence-corrected chi connectivity index (χ1v) is 11.6. The van der Waals surface area contributed by atoms with Crippen molar-refractivity contribution in [1.29, 1.82) is 0 Å². The molecular weight excluding hydrogens is 374 g/mol. The second-order valence-corrected chi connectivity index (χ2v) is 10.2. The summed E-state index contributed by atoms with van der Waals surface area (Å²) in [5.74, 6) is 0.796. The predicted octanol–water partition coefficient (Wildman–Crippen LogP) is 2.83. The number of thioether (sulfide) groups is 1. The summed E-state index contributed by atoms with van der Waals surface area (Å²) in [6, 6.07) is -0.0790. The third-order valence-electron chi connectivity index (χ3n) is 6.45. The van der Waals surface area contributed by atoms with Gasteiger partial charge in [0.1, 0.15) is 0 Å². The maximum absolute atomic E-state index is 13.0. The van der Waals surface area contributed by atoms with Gasteiger partial charge in [0.15, 0.2) is 0 Å². The first kappa shape index (κ1) is 21.5. The van der Waals surface area contributed by atoms with E-state index in [1.165, 1.54) is 6.42 Å². The number of likely N-dealkylation sites (tertiary alicyclic amines) is 2. The molecule has 3 rings (SSSR count). The van der Waals surface area contributed by atoms with E-state index in [0.717, 1.165) is 63.9 Å². The normalized spacial score (nSPS) is 26.0. The van der Waals surface area contributed by atoms with Gasteiger partial charge in [-0.3, -0.25) is 4.79 Å². The number of hydrogen-bond acceptors (Lipinski definition) is 4. The van der Waals surface area contributed by atoms with E-state index in [2.05, 4.69) is 29.5 Å². The Hall–Kier alpha value is -1.21. The van der Waals surface area contributed by atoms with Gasteiger partial charge in [-0.1, -0.05) is 13.8 Å². The number of carbonyl (C=O) groups is 2. The Labute approximate surface area is 173 Å². The van der Waals surface area contributed by atoms with Gasteiger partial charge in [0.05, 0.1) is 6.61 Å². The molecule has 0 spiro atoms. The lowest BCUT2D eigenvalue weighted by molar-refractivity contribution is -0.127. The Morgan fingerprint density at radius 3 is 2.64 bits per heavy atom. The minimum absolute atomic E-state index is 0.0299.